The quantitative estimate of drug-likeness (QED) is 0.712. The number of carbonyl (C=O) groups is 1. The van der Waals surface area contributed by atoms with Crippen molar-refractivity contribution < 1.29 is 4.79 Å². The second-order valence-electron chi connectivity index (χ2n) is 7.77. The molecule has 8 heteroatoms. The molecule has 0 radical (unpaired) electrons. The van der Waals surface area contributed by atoms with Crippen molar-refractivity contribution >= 4 is 23.5 Å². The number of carbonyl (C=O) groups excluding carboxylic acids is 1. The van der Waals surface area contributed by atoms with Crippen molar-refractivity contribution in [2.24, 2.45) is 5.92 Å². The van der Waals surface area contributed by atoms with E-state index < -0.39 is 0 Å². The Hall–Kier alpha value is -3.34. The molecule has 8 nitrogen and oxygen atoms in total. The third-order valence-corrected chi connectivity index (χ3v) is 5.54. The highest BCUT2D eigenvalue weighted by Crippen LogP contribution is 2.27. The maximum Gasteiger partial charge on any atom is 0.225 e. The van der Waals surface area contributed by atoms with Crippen LogP contribution in [0.15, 0.2) is 18.3 Å². The molecule has 1 amide bonds. The lowest BCUT2D eigenvalue weighted by molar-refractivity contribution is -0.136. The van der Waals surface area contributed by atoms with Crippen molar-refractivity contribution in [2.75, 3.05) is 42.5 Å². The Labute approximate surface area is 184 Å². The average Bonchev–Trinajstić information content (AvgIpc) is 2.77. The van der Waals surface area contributed by atoms with Gasteiger partial charge in [-0.3, -0.25) is 4.79 Å². The fourth-order valence-electron chi connectivity index (χ4n) is 3.86. The molecule has 3 rings (SSSR count). The zero-order valence-electron chi connectivity index (χ0n) is 18.6. The molecule has 0 atom stereocenters. The van der Waals surface area contributed by atoms with Gasteiger partial charge in [0.25, 0.3) is 0 Å². The van der Waals surface area contributed by atoms with Gasteiger partial charge in [0.1, 0.15) is 11.6 Å². The number of piperidine rings is 1. The molecule has 1 aliphatic heterocycles. The first kappa shape index (κ1) is 22.3. The summed E-state index contributed by atoms with van der Waals surface area (Å²) in [7, 11) is 0. The van der Waals surface area contributed by atoms with Gasteiger partial charge in [-0.15, -0.1) is 0 Å². The highest BCUT2D eigenvalue weighted by atomic mass is 16.2. The van der Waals surface area contributed by atoms with Gasteiger partial charge in [-0.1, -0.05) is 18.8 Å². The Balaban J connectivity index is 1.79. The zero-order valence-corrected chi connectivity index (χ0v) is 18.6. The van der Waals surface area contributed by atoms with Crippen LogP contribution in [0.1, 0.15) is 49.9 Å². The van der Waals surface area contributed by atoms with Crippen molar-refractivity contribution in [3.63, 3.8) is 0 Å². The molecular weight excluding hydrogens is 390 g/mol. The fourth-order valence-corrected chi connectivity index (χ4v) is 3.86. The molecule has 0 bridgehead atoms. The van der Waals surface area contributed by atoms with Crippen molar-refractivity contribution in [1.82, 2.24) is 19.9 Å². The Kier molecular flexibility index (Phi) is 7.29. The third kappa shape index (κ3) is 5.43. The predicted molar refractivity (Wildman–Crippen MR) is 123 cm³/mol. The summed E-state index contributed by atoms with van der Waals surface area (Å²) in [6, 6.07) is 3.55. The van der Waals surface area contributed by atoms with Crippen LogP contribution >= 0.6 is 0 Å². The largest absolute Gasteiger partial charge is 0.384 e. The van der Waals surface area contributed by atoms with Crippen molar-refractivity contribution in [3.05, 3.63) is 35.2 Å². The average molecular weight is 422 g/mol. The number of aryl methyl sites for hydroxylation is 1. The number of nitrogens with two attached hydrogens (primary N) is 2. The minimum Gasteiger partial charge on any atom is -0.384 e. The second kappa shape index (κ2) is 10.1. The summed E-state index contributed by atoms with van der Waals surface area (Å²) < 4.78 is 0. The van der Waals surface area contributed by atoms with E-state index in [9.17, 15) is 4.79 Å². The van der Waals surface area contributed by atoms with E-state index in [1.54, 1.807) is 12.3 Å². The predicted octanol–water partition coefficient (Wildman–Crippen LogP) is 2.22. The van der Waals surface area contributed by atoms with Crippen LogP contribution in [0.25, 0.3) is 0 Å². The second-order valence-corrected chi connectivity index (χ2v) is 7.77. The van der Waals surface area contributed by atoms with Crippen LogP contribution < -0.4 is 16.4 Å². The fraction of sp³-hybridized carbons (Fsp3) is 0.478. The molecule has 4 N–H and O–H groups in total. The Morgan fingerprint density at radius 2 is 1.94 bits per heavy atom. The monoisotopic (exact) mass is 421 g/mol. The Morgan fingerprint density at radius 3 is 2.55 bits per heavy atom. The van der Waals surface area contributed by atoms with Gasteiger partial charge < -0.3 is 21.3 Å². The summed E-state index contributed by atoms with van der Waals surface area (Å²) in [6.45, 7) is 9.06. The number of pyridine rings is 1. The molecule has 0 saturated carbocycles. The first-order valence-electron chi connectivity index (χ1n) is 10.8. The third-order valence-electron chi connectivity index (χ3n) is 5.54. The van der Waals surface area contributed by atoms with Crippen LogP contribution in [0.5, 0.6) is 0 Å². The number of nitrogen functional groups attached to an aromatic ring is 2. The summed E-state index contributed by atoms with van der Waals surface area (Å²) in [4.78, 5) is 29.8. The summed E-state index contributed by atoms with van der Waals surface area (Å²) in [5, 5.41) is 0. The van der Waals surface area contributed by atoms with Gasteiger partial charge in [0.15, 0.2) is 0 Å². The van der Waals surface area contributed by atoms with E-state index >= 15 is 0 Å². The summed E-state index contributed by atoms with van der Waals surface area (Å²) in [6.07, 6.45) is 4.19. The van der Waals surface area contributed by atoms with E-state index in [0.717, 1.165) is 68.1 Å². The molecule has 0 unspecified atom stereocenters. The molecule has 2 aromatic heterocycles. The highest BCUT2D eigenvalue weighted by Gasteiger charge is 2.29. The molecule has 3 heterocycles. The molecule has 31 heavy (non-hydrogen) atoms. The standard InChI is InChI=1S/C23H31N7O/c1-4-12-29(5-2)22(31)18-10-13-30(14-11-18)21-19(16(3)27-23(25)28-21)8-6-17-7-9-20(24)26-15-17/h7,9,15,18H,4-5,10-14H2,1-3H3,(H2,24,26)(H2,25,27,28). The molecule has 164 valence electrons. The maximum absolute atomic E-state index is 12.8. The number of hydrogen-bond donors (Lipinski definition) is 2. The van der Waals surface area contributed by atoms with Crippen molar-refractivity contribution in [3.8, 4) is 11.8 Å². The number of amides is 1. The molecule has 2 aromatic rings. The lowest BCUT2D eigenvalue weighted by Gasteiger charge is -2.35. The molecule has 0 aliphatic carbocycles. The van der Waals surface area contributed by atoms with E-state index in [2.05, 4.69) is 38.6 Å². The van der Waals surface area contributed by atoms with E-state index in [1.807, 2.05) is 24.8 Å². The normalized spacial score (nSPS) is 14.1. The summed E-state index contributed by atoms with van der Waals surface area (Å²) in [5.41, 5.74) is 13.8. The van der Waals surface area contributed by atoms with Gasteiger partial charge in [0.05, 0.1) is 11.3 Å². The lowest BCUT2D eigenvalue weighted by Crippen LogP contribution is -2.43. The molecule has 1 saturated heterocycles. The number of anilines is 3. The number of nitrogens with zero attached hydrogens (tertiary/aromatic N) is 5. The summed E-state index contributed by atoms with van der Waals surface area (Å²) >= 11 is 0. The molecule has 1 aliphatic rings. The minimum atomic E-state index is 0.0541. The number of rotatable bonds is 5. The van der Waals surface area contributed by atoms with Crippen LogP contribution in [0.3, 0.4) is 0 Å². The Morgan fingerprint density at radius 1 is 1.19 bits per heavy atom. The van der Waals surface area contributed by atoms with Gasteiger partial charge in [0.2, 0.25) is 11.9 Å². The van der Waals surface area contributed by atoms with E-state index in [4.69, 9.17) is 11.5 Å². The summed E-state index contributed by atoms with van der Waals surface area (Å²) in [5.74, 6) is 8.03. The van der Waals surface area contributed by atoms with Gasteiger partial charge in [0, 0.05) is 43.9 Å². The lowest BCUT2D eigenvalue weighted by atomic mass is 9.94. The van der Waals surface area contributed by atoms with Gasteiger partial charge in [-0.05, 0) is 45.2 Å². The zero-order chi connectivity index (χ0) is 22.4. The first-order chi connectivity index (χ1) is 14.9. The van der Waals surface area contributed by atoms with Crippen molar-refractivity contribution in [1.29, 1.82) is 0 Å². The Bertz CT molecular complexity index is 970. The first-order valence-corrected chi connectivity index (χ1v) is 10.8. The van der Waals surface area contributed by atoms with E-state index in [-0.39, 0.29) is 17.8 Å². The number of aromatic nitrogens is 3. The van der Waals surface area contributed by atoms with Crippen LogP contribution in [0.4, 0.5) is 17.6 Å². The molecule has 0 spiro atoms. The van der Waals surface area contributed by atoms with Crippen molar-refractivity contribution in [2.45, 2.75) is 40.0 Å². The molecular formula is C23H31N7O. The highest BCUT2D eigenvalue weighted by molar-refractivity contribution is 5.79. The molecule has 1 fully saturated rings. The van der Waals surface area contributed by atoms with Crippen LogP contribution in [-0.4, -0.2) is 51.9 Å². The van der Waals surface area contributed by atoms with E-state index in [0.29, 0.717) is 5.82 Å². The van der Waals surface area contributed by atoms with E-state index in [1.165, 1.54) is 0 Å². The van der Waals surface area contributed by atoms with Gasteiger partial charge in [-0.25, -0.2) is 9.97 Å². The van der Waals surface area contributed by atoms with Gasteiger partial charge >= 0.3 is 0 Å². The topological polar surface area (TPSA) is 114 Å². The minimum absolute atomic E-state index is 0.0541. The van der Waals surface area contributed by atoms with Crippen LogP contribution in [0, 0.1) is 24.7 Å². The smallest absolute Gasteiger partial charge is 0.225 e. The van der Waals surface area contributed by atoms with Crippen LogP contribution in [0.2, 0.25) is 0 Å². The number of hydrogen-bond acceptors (Lipinski definition) is 7. The SMILES string of the molecule is CCCN(CC)C(=O)C1CCN(c2nc(N)nc(C)c2C#Cc2ccc(N)nc2)CC1. The molecule has 0 aromatic carbocycles. The van der Waals surface area contributed by atoms with Crippen LogP contribution in [-0.2, 0) is 4.79 Å². The van der Waals surface area contributed by atoms with Gasteiger partial charge in [-0.2, -0.15) is 4.98 Å². The maximum atomic E-state index is 12.8.